The average molecular weight is 282 g/mol. The number of ether oxygens (including phenoxy) is 1. The second-order valence-electron chi connectivity index (χ2n) is 4.89. The van der Waals surface area contributed by atoms with Crippen LogP contribution in [0.1, 0.15) is 36.5 Å². The highest BCUT2D eigenvalue weighted by Gasteiger charge is 2.24. The molecular weight excluding hydrogens is 262 g/mol. The Hall–Kier alpha value is -1.06. The summed E-state index contributed by atoms with van der Waals surface area (Å²) in [7, 11) is 0. The van der Waals surface area contributed by atoms with Gasteiger partial charge in [0.15, 0.2) is 0 Å². The molecule has 0 spiro atoms. The third-order valence-corrected chi connectivity index (χ3v) is 3.57. The Kier molecular flexibility index (Phi) is 5.23. The minimum Gasteiger partial charge on any atom is -0.376 e. The number of hydrogen-bond acceptors (Lipinski definition) is 2. The van der Waals surface area contributed by atoms with E-state index < -0.39 is 0 Å². The number of likely N-dealkylation sites (tertiary alicyclic amines) is 1. The molecule has 104 valence electrons. The zero-order chi connectivity index (χ0) is 13.7. The van der Waals surface area contributed by atoms with Crippen LogP contribution in [0.2, 0.25) is 5.02 Å². The molecule has 0 bridgehead atoms. The van der Waals surface area contributed by atoms with Crippen LogP contribution in [0.25, 0.3) is 0 Å². The van der Waals surface area contributed by atoms with Gasteiger partial charge >= 0.3 is 0 Å². The molecule has 1 aromatic carbocycles. The Morgan fingerprint density at radius 3 is 2.84 bits per heavy atom. The summed E-state index contributed by atoms with van der Waals surface area (Å²) in [6.45, 7) is 4.38. The van der Waals surface area contributed by atoms with Crippen molar-refractivity contribution >= 4 is 17.5 Å². The standard InChI is InChI=1S/C15H20ClNO2/c1-2-10-19-14-4-3-9-17(11-14)15(18)12-5-7-13(16)8-6-12/h5-8,14H,2-4,9-11H2,1H3/t14-/m1/s1. The second-order valence-corrected chi connectivity index (χ2v) is 5.33. The van der Waals surface area contributed by atoms with Gasteiger partial charge in [-0.3, -0.25) is 4.79 Å². The summed E-state index contributed by atoms with van der Waals surface area (Å²) in [5, 5.41) is 0.652. The summed E-state index contributed by atoms with van der Waals surface area (Å²) in [4.78, 5) is 14.2. The van der Waals surface area contributed by atoms with E-state index in [1.165, 1.54) is 0 Å². The maximum Gasteiger partial charge on any atom is 0.253 e. The first-order chi connectivity index (χ1) is 9.20. The fourth-order valence-corrected chi connectivity index (χ4v) is 2.44. The predicted molar refractivity (Wildman–Crippen MR) is 76.6 cm³/mol. The first-order valence-electron chi connectivity index (χ1n) is 6.87. The molecule has 0 radical (unpaired) electrons. The molecule has 1 aliphatic rings. The molecule has 0 saturated carbocycles. The normalized spacial score (nSPS) is 19.5. The molecule has 0 N–H and O–H groups in total. The van der Waals surface area contributed by atoms with E-state index in [1.54, 1.807) is 24.3 Å². The molecule has 0 aliphatic carbocycles. The summed E-state index contributed by atoms with van der Waals surface area (Å²) in [5.74, 6) is 0.0708. The first kappa shape index (κ1) is 14.4. The first-order valence-corrected chi connectivity index (χ1v) is 7.25. The minimum absolute atomic E-state index is 0.0708. The largest absolute Gasteiger partial charge is 0.376 e. The van der Waals surface area contributed by atoms with Gasteiger partial charge in [0.05, 0.1) is 6.10 Å². The summed E-state index contributed by atoms with van der Waals surface area (Å²) in [6, 6.07) is 7.07. The molecule has 0 unspecified atom stereocenters. The highest BCUT2D eigenvalue weighted by molar-refractivity contribution is 6.30. The fourth-order valence-electron chi connectivity index (χ4n) is 2.32. The number of halogens is 1. The van der Waals surface area contributed by atoms with Gasteiger partial charge in [-0.1, -0.05) is 18.5 Å². The van der Waals surface area contributed by atoms with Gasteiger partial charge in [-0.25, -0.2) is 0 Å². The maximum atomic E-state index is 12.4. The number of benzene rings is 1. The van der Waals surface area contributed by atoms with Crippen LogP contribution in [0.3, 0.4) is 0 Å². The molecule has 1 aliphatic heterocycles. The van der Waals surface area contributed by atoms with E-state index in [1.807, 2.05) is 4.90 Å². The van der Waals surface area contributed by atoms with Crippen LogP contribution >= 0.6 is 11.6 Å². The van der Waals surface area contributed by atoms with Gasteiger partial charge < -0.3 is 9.64 Å². The van der Waals surface area contributed by atoms with Crippen LogP contribution in [-0.4, -0.2) is 36.6 Å². The predicted octanol–water partition coefficient (Wildman–Crippen LogP) is 3.37. The Morgan fingerprint density at radius 1 is 1.42 bits per heavy atom. The summed E-state index contributed by atoms with van der Waals surface area (Å²) in [5.41, 5.74) is 0.695. The molecule has 1 fully saturated rings. The highest BCUT2D eigenvalue weighted by Crippen LogP contribution is 2.17. The lowest BCUT2D eigenvalue weighted by molar-refractivity contribution is 0.00211. The smallest absolute Gasteiger partial charge is 0.253 e. The molecule has 4 heteroatoms. The van der Waals surface area contributed by atoms with Crippen molar-refractivity contribution in [3.05, 3.63) is 34.9 Å². The highest BCUT2D eigenvalue weighted by atomic mass is 35.5. The van der Waals surface area contributed by atoms with Gasteiger partial charge in [-0.05, 0) is 43.5 Å². The summed E-state index contributed by atoms with van der Waals surface area (Å²) in [6.07, 6.45) is 3.25. The average Bonchev–Trinajstić information content (AvgIpc) is 2.45. The van der Waals surface area contributed by atoms with E-state index >= 15 is 0 Å². The lowest BCUT2D eigenvalue weighted by Gasteiger charge is -2.32. The van der Waals surface area contributed by atoms with E-state index in [0.717, 1.165) is 32.4 Å². The van der Waals surface area contributed by atoms with E-state index in [9.17, 15) is 4.79 Å². The third kappa shape index (κ3) is 3.95. The molecule has 3 nitrogen and oxygen atoms in total. The van der Waals surface area contributed by atoms with Crippen molar-refractivity contribution in [1.82, 2.24) is 4.90 Å². The van der Waals surface area contributed by atoms with Crippen LogP contribution in [-0.2, 0) is 4.74 Å². The van der Waals surface area contributed by atoms with Gasteiger partial charge in [-0.2, -0.15) is 0 Å². The molecule has 0 aromatic heterocycles. The van der Waals surface area contributed by atoms with Crippen molar-refractivity contribution in [1.29, 1.82) is 0 Å². The van der Waals surface area contributed by atoms with Crippen molar-refractivity contribution < 1.29 is 9.53 Å². The summed E-state index contributed by atoms with van der Waals surface area (Å²) >= 11 is 5.84. The molecule has 1 amide bonds. The van der Waals surface area contributed by atoms with Crippen molar-refractivity contribution in [3.63, 3.8) is 0 Å². The monoisotopic (exact) mass is 281 g/mol. The lowest BCUT2D eigenvalue weighted by Crippen LogP contribution is -2.43. The topological polar surface area (TPSA) is 29.5 Å². The Morgan fingerprint density at radius 2 is 2.16 bits per heavy atom. The number of amides is 1. The van der Waals surface area contributed by atoms with E-state index in [4.69, 9.17) is 16.3 Å². The molecule has 1 saturated heterocycles. The molecule has 1 heterocycles. The van der Waals surface area contributed by atoms with E-state index in [0.29, 0.717) is 17.1 Å². The molecule has 1 aromatic rings. The molecule has 2 rings (SSSR count). The van der Waals surface area contributed by atoms with E-state index in [2.05, 4.69) is 6.92 Å². The van der Waals surface area contributed by atoms with Crippen molar-refractivity contribution in [2.45, 2.75) is 32.3 Å². The maximum absolute atomic E-state index is 12.4. The number of carbonyl (C=O) groups excluding carboxylic acids is 1. The van der Waals surface area contributed by atoms with Crippen molar-refractivity contribution in [2.75, 3.05) is 19.7 Å². The molecule has 19 heavy (non-hydrogen) atoms. The van der Waals surface area contributed by atoms with Crippen LogP contribution in [0.5, 0.6) is 0 Å². The Balaban J connectivity index is 1.96. The zero-order valence-corrected chi connectivity index (χ0v) is 12.0. The van der Waals surface area contributed by atoms with Crippen LogP contribution in [0, 0.1) is 0 Å². The number of hydrogen-bond donors (Lipinski definition) is 0. The van der Waals surface area contributed by atoms with Gasteiger partial charge in [0.2, 0.25) is 0 Å². The number of rotatable bonds is 4. The molecular formula is C15H20ClNO2. The van der Waals surface area contributed by atoms with Gasteiger partial charge in [0, 0.05) is 30.3 Å². The quantitative estimate of drug-likeness (QED) is 0.847. The van der Waals surface area contributed by atoms with Crippen LogP contribution < -0.4 is 0 Å². The van der Waals surface area contributed by atoms with Crippen LogP contribution in [0.15, 0.2) is 24.3 Å². The van der Waals surface area contributed by atoms with Gasteiger partial charge in [0.1, 0.15) is 0 Å². The SMILES string of the molecule is CCCO[C@@H]1CCCN(C(=O)c2ccc(Cl)cc2)C1. The Labute approximate surface area is 119 Å². The summed E-state index contributed by atoms with van der Waals surface area (Å²) < 4.78 is 5.75. The van der Waals surface area contributed by atoms with Crippen molar-refractivity contribution in [2.24, 2.45) is 0 Å². The van der Waals surface area contributed by atoms with Crippen LogP contribution in [0.4, 0.5) is 0 Å². The van der Waals surface area contributed by atoms with Gasteiger partial charge in [-0.15, -0.1) is 0 Å². The molecule has 1 atom stereocenters. The minimum atomic E-state index is 0.0708. The number of nitrogens with zero attached hydrogens (tertiary/aromatic N) is 1. The number of piperidine rings is 1. The zero-order valence-electron chi connectivity index (χ0n) is 11.3. The number of carbonyl (C=O) groups is 1. The van der Waals surface area contributed by atoms with Gasteiger partial charge in [0.25, 0.3) is 5.91 Å². The fraction of sp³-hybridized carbons (Fsp3) is 0.533. The van der Waals surface area contributed by atoms with Crippen molar-refractivity contribution in [3.8, 4) is 0 Å². The Bertz CT molecular complexity index is 419. The second kappa shape index (κ2) is 6.92. The van der Waals surface area contributed by atoms with E-state index in [-0.39, 0.29) is 12.0 Å². The lowest BCUT2D eigenvalue weighted by atomic mass is 10.1. The third-order valence-electron chi connectivity index (χ3n) is 3.31.